The van der Waals surface area contributed by atoms with E-state index < -0.39 is 10.8 Å². The quantitative estimate of drug-likeness (QED) is 0.109. The van der Waals surface area contributed by atoms with Gasteiger partial charge in [0.25, 0.3) is 0 Å². The molecule has 0 aliphatic heterocycles. The fourth-order valence-corrected chi connectivity index (χ4v) is 22.2. The zero-order valence-corrected chi connectivity index (χ0v) is 70.4. The molecule has 6 heteroatoms. The number of benzene rings is 20. The van der Waals surface area contributed by atoms with Crippen molar-refractivity contribution in [2.75, 3.05) is 9.80 Å². The van der Waals surface area contributed by atoms with E-state index in [2.05, 4.69) is 447 Å². The number of furan rings is 3. The van der Waals surface area contributed by atoms with Gasteiger partial charge in [-0.2, -0.15) is 0 Å². The number of nitrogens with zero attached hydrogens (tertiary/aromatic N) is 2. The average molecular weight is 1650 g/mol. The Morgan fingerprint density at radius 2 is 0.430 bits per heavy atom. The van der Waals surface area contributed by atoms with Crippen LogP contribution in [0.4, 0.5) is 34.1 Å². The molecule has 4 aromatic heterocycles. The molecule has 26 rings (SSSR count). The largest absolute Gasteiger partial charge is 0.456 e. The fraction of sp³-hybridized carbons (Fsp3) is 0.0164. The molecular formula is C122H78N2O3S. The Kier molecular flexibility index (Phi) is 17.6. The van der Waals surface area contributed by atoms with Crippen LogP contribution < -0.4 is 9.80 Å². The number of rotatable bonds is 14. The number of thiophene rings is 1. The minimum Gasteiger partial charge on any atom is -0.456 e. The Hall–Kier alpha value is -16.4. The smallest absolute Gasteiger partial charge is 0.135 e. The summed E-state index contributed by atoms with van der Waals surface area (Å²) in [7, 11) is 0. The molecule has 0 radical (unpaired) electrons. The molecule has 0 N–H and O–H groups in total. The van der Waals surface area contributed by atoms with Gasteiger partial charge in [0.1, 0.15) is 33.5 Å². The molecular weight excluding hydrogens is 1570 g/mol. The van der Waals surface area contributed by atoms with Crippen LogP contribution in [-0.2, 0) is 10.8 Å². The molecule has 600 valence electrons. The van der Waals surface area contributed by atoms with Crippen molar-refractivity contribution in [3.05, 3.63) is 518 Å². The average Bonchev–Trinajstić information content (AvgIpc) is 1.54. The van der Waals surface area contributed by atoms with Crippen LogP contribution in [0.1, 0.15) is 44.5 Å². The third kappa shape index (κ3) is 12.0. The zero-order chi connectivity index (χ0) is 84.4. The van der Waals surface area contributed by atoms with Gasteiger partial charge in [-0.15, -0.1) is 11.3 Å². The highest BCUT2D eigenvalue weighted by Crippen LogP contribution is 2.59. The normalized spacial score (nSPS) is 12.8. The van der Waals surface area contributed by atoms with Gasteiger partial charge in [-0.1, -0.05) is 340 Å². The molecule has 0 amide bonds. The molecule has 0 saturated heterocycles. The molecule has 2 aliphatic carbocycles. The topological polar surface area (TPSA) is 45.9 Å². The molecule has 128 heavy (non-hydrogen) atoms. The van der Waals surface area contributed by atoms with Crippen LogP contribution >= 0.6 is 11.3 Å². The van der Waals surface area contributed by atoms with Crippen LogP contribution in [-0.4, -0.2) is 0 Å². The van der Waals surface area contributed by atoms with Gasteiger partial charge < -0.3 is 23.1 Å². The predicted octanol–water partition coefficient (Wildman–Crippen LogP) is 33.8. The van der Waals surface area contributed by atoms with Gasteiger partial charge >= 0.3 is 0 Å². The zero-order valence-electron chi connectivity index (χ0n) is 69.6. The van der Waals surface area contributed by atoms with Crippen LogP contribution in [0.25, 0.3) is 153 Å². The second kappa shape index (κ2) is 30.3. The first-order chi connectivity index (χ1) is 63.4. The standard InChI is InChI=1S/C61H39NO2.C61H39NOS/c1-2-12-44(13-3-1)61(55-18-8-4-14-49(55)50-15-5-9-19-56(50)61)45-28-34-48(35-29-45)62(46-30-22-40(23-31-46)42-26-36-59-53(38-42)51-16-6-10-20-57(51)63-59)47-32-24-41(25-33-47)43-27-37-60-54(39-43)52-17-7-11-21-58(52)64-60;1-2-13-43(14-3-1)61(55-21-8-4-15-49(55)50-16-5-9-22-56(50)61)44-30-36-47(37-31-44)62(45-32-25-40(26-33-45)42-29-38-58-54(39-42)51-17-6-10-23-57(51)63-58)46-34-27-41(28-35-46)48-19-12-20-53-52-18-7-11-24-59(52)64-60(48)53/h2*1-39H. The van der Waals surface area contributed by atoms with E-state index in [4.69, 9.17) is 13.3 Å². The third-order valence-corrected chi connectivity index (χ3v) is 28.0. The Morgan fingerprint density at radius 3 is 0.789 bits per heavy atom. The van der Waals surface area contributed by atoms with Crippen molar-refractivity contribution in [3.8, 4) is 66.8 Å². The van der Waals surface area contributed by atoms with Crippen LogP contribution in [0.5, 0.6) is 0 Å². The van der Waals surface area contributed by atoms with Crippen molar-refractivity contribution in [1.82, 2.24) is 0 Å². The van der Waals surface area contributed by atoms with Crippen molar-refractivity contribution in [2.24, 2.45) is 0 Å². The van der Waals surface area contributed by atoms with E-state index in [1.54, 1.807) is 0 Å². The highest BCUT2D eigenvalue weighted by molar-refractivity contribution is 7.26. The van der Waals surface area contributed by atoms with Crippen molar-refractivity contribution in [3.63, 3.8) is 0 Å². The lowest BCUT2D eigenvalue weighted by Crippen LogP contribution is -2.28. The Labute approximate surface area is 744 Å². The molecule has 2 aliphatic rings. The van der Waals surface area contributed by atoms with E-state index in [-0.39, 0.29) is 0 Å². The van der Waals surface area contributed by atoms with Gasteiger partial charge in [0.05, 0.1) is 10.8 Å². The van der Waals surface area contributed by atoms with Gasteiger partial charge in [0.15, 0.2) is 0 Å². The van der Waals surface area contributed by atoms with Crippen molar-refractivity contribution in [2.45, 2.75) is 10.8 Å². The summed E-state index contributed by atoms with van der Waals surface area (Å²) in [6, 6.07) is 172. The minimum absolute atomic E-state index is 0.462. The molecule has 0 unspecified atom stereocenters. The van der Waals surface area contributed by atoms with Gasteiger partial charge in [-0.3, -0.25) is 0 Å². The second-order valence-electron chi connectivity index (χ2n) is 33.6. The first-order valence-corrected chi connectivity index (χ1v) is 44.6. The first-order valence-electron chi connectivity index (χ1n) is 43.8. The summed E-state index contributed by atoms with van der Waals surface area (Å²) in [6.45, 7) is 0. The Morgan fingerprint density at radius 1 is 0.172 bits per heavy atom. The van der Waals surface area contributed by atoms with Crippen molar-refractivity contribution >= 4 is 131 Å². The molecule has 0 saturated carbocycles. The minimum atomic E-state index is -0.468. The van der Waals surface area contributed by atoms with E-state index >= 15 is 0 Å². The van der Waals surface area contributed by atoms with Crippen LogP contribution in [0.2, 0.25) is 0 Å². The molecule has 0 spiro atoms. The molecule has 0 atom stereocenters. The third-order valence-electron chi connectivity index (χ3n) is 26.8. The lowest BCUT2D eigenvalue weighted by atomic mass is 9.68. The van der Waals surface area contributed by atoms with E-state index in [1.807, 2.05) is 47.7 Å². The number of para-hydroxylation sites is 3. The number of hydrogen-bond donors (Lipinski definition) is 0. The van der Waals surface area contributed by atoms with Crippen LogP contribution in [0, 0.1) is 0 Å². The summed E-state index contributed by atoms with van der Waals surface area (Å²) in [6.07, 6.45) is 0. The monoisotopic (exact) mass is 1650 g/mol. The number of fused-ring (bicyclic) bond motifs is 18. The van der Waals surface area contributed by atoms with Crippen LogP contribution in [0.15, 0.2) is 486 Å². The first kappa shape index (κ1) is 74.3. The maximum Gasteiger partial charge on any atom is 0.135 e. The summed E-state index contributed by atoms with van der Waals surface area (Å²) in [5, 5.41) is 9.40. The van der Waals surface area contributed by atoms with E-state index in [0.717, 1.165) is 133 Å². The lowest BCUT2D eigenvalue weighted by Gasteiger charge is -2.34. The fourth-order valence-electron chi connectivity index (χ4n) is 20.9. The number of anilines is 6. The van der Waals surface area contributed by atoms with E-state index in [0.29, 0.717) is 0 Å². The summed E-state index contributed by atoms with van der Waals surface area (Å²) in [4.78, 5) is 4.75. The van der Waals surface area contributed by atoms with Gasteiger partial charge in [-0.25, -0.2) is 0 Å². The van der Waals surface area contributed by atoms with Crippen molar-refractivity contribution in [1.29, 1.82) is 0 Å². The second-order valence-corrected chi connectivity index (χ2v) is 34.6. The predicted molar refractivity (Wildman–Crippen MR) is 533 cm³/mol. The van der Waals surface area contributed by atoms with Gasteiger partial charge in [0.2, 0.25) is 0 Å². The van der Waals surface area contributed by atoms with Crippen LogP contribution in [0.3, 0.4) is 0 Å². The molecule has 0 bridgehead atoms. The molecule has 0 fully saturated rings. The maximum atomic E-state index is 6.16. The summed E-state index contributed by atoms with van der Waals surface area (Å²) < 4.78 is 21.1. The summed E-state index contributed by atoms with van der Waals surface area (Å²) in [5.41, 5.74) is 35.7. The Balaban J connectivity index is 0.000000139. The highest BCUT2D eigenvalue weighted by atomic mass is 32.1. The highest BCUT2D eigenvalue weighted by Gasteiger charge is 2.48. The van der Waals surface area contributed by atoms with Crippen molar-refractivity contribution < 1.29 is 13.3 Å². The lowest BCUT2D eigenvalue weighted by molar-refractivity contribution is 0.668. The van der Waals surface area contributed by atoms with Gasteiger partial charge in [0, 0.05) is 86.6 Å². The molecule has 24 aromatic rings. The maximum absolute atomic E-state index is 6.16. The summed E-state index contributed by atoms with van der Waals surface area (Å²) >= 11 is 1.87. The van der Waals surface area contributed by atoms with E-state index in [9.17, 15) is 0 Å². The van der Waals surface area contributed by atoms with Gasteiger partial charge in [-0.05, 0) is 245 Å². The number of hydrogen-bond acceptors (Lipinski definition) is 6. The SMILES string of the molecule is c1ccc(C2(c3ccc(N(c4ccc(-c5ccc6oc7ccccc7c6c5)cc4)c4ccc(-c5ccc6oc7ccccc7c6c5)cc4)cc3)c3ccccc3-c3ccccc32)cc1.c1ccc(C2(c3ccc(N(c4ccc(-c5ccc6oc7ccccc7c6c5)cc4)c4ccc(-c5cccc6c5sc5ccccc56)cc4)cc3)c3ccccc3-c3ccccc32)cc1. The summed E-state index contributed by atoms with van der Waals surface area (Å²) in [5.74, 6) is 0. The molecule has 4 heterocycles. The Bertz CT molecular complexity index is 8150. The molecule has 20 aromatic carbocycles. The molecule has 5 nitrogen and oxygen atoms in total. The van der Waals surface area contributed by atoms with E-state index in [1.165, 1.54) is 98.1 Å².